The van der Waals surface area contributed by atoms with Gasteiger partial charge in [-0.25, -0.2) is 19.7 Å². The highest BCUT2D eigenvalue weighted by Crippen LogP contribution is 2.43. The summed E-state index contributed by atoms with van der Waals surface area (Å²) in [5.74, 6) is 1.20. The third kappa shape index (κ3) is 15.0. The standard InChI is InChI=1S/C57H50F8N12O3S2/c1-35-31-81-53(72-70-30-38-11-16-41(17-12-38)51-69-34-75(74-51)43-20-24-45(25-21-43)80-57(63,64)65)76(35)47-8-6-5-7-46(47)55(3,4)28-39-13-26-49(78-52(58)59)48(27-39)77-36(2)32-82-54(77)73-71-29-37-9-14-40(15-10-37)50(66)68-33-67-42-18-22-44(23-19-42)79-56(60,61)62/h5-27,29-30,33-36,52H,28,31-32H2,1-4H3,(H2,66,67,68)/b70-30?,71-29-,72-53?,73-54+. The van der Waals surface area contributed by atoms with E-state index in [9.17, 15) is 35.1 Å². The highest BCUT2D eigenvalue weighted by molar-refractivity contribution is 8.14. The number of thioether (sulfide) groups is 2. The van der Waals surface area contributed by atoms with Gasteiger partial charge in [-0.05, 0) is 115 Å². The van der Waals surface area contributed by atoms with E-state index in [1.54, 1.807) is 60.6 Å². The largest absolute Gasteiger partial charge is 0.573 e. The van der Waals surface area contributed by atoms with E-state index < -0.39 is 24.8 Å². The van der Waals surface area contributed by atoms with Crippen molar-refractivity contribution in [1.29, 1.82) is 0 Å². The van der Waals surface area contributed by atoms with Gasteiger partial charge in [0.2, 0.25) is 0 Å². The van der Waals surface area contributed by atoms with Crippen LogP contribution in [0.4, 0.5) is 52.2 Å². The lowest BCUT2D eigenvalue weighted by Crippen LogP contribution is -2.34. The lowest BCUT2D eigenvalue weighted by Gasteiger charge is -2.33. The fraction of sp³-hybridized carbons (Fsp3) is 0.228. The Bertz CT molecular complexity index is 3540. The predicted octanol–water partition coefficient (Wildman–Crippen LogP) is 13.6. The topological polar surface area (TPSA) is 165 Å². The van der Waals surface area contributed by atoms with Gasteiger partial charge in [0.25, 0.3) is 0 Å². The number of aliphatic imine (C=N–C) groups is 2. The van der Waals surface area contributed by atoms with E-state index in [-0.39, 0.29) is 35.2 Å². The molecule has 2 aliphatic heterocycles. The highest BCUT2D eigenvalue weighted by Gasteiger charge is 2.36. The number of amidine groups is 3. The molecule has 9 rings (SSSR count). The number of benzene rings is 6. The third-order valence-electron chi connectivity index (χ3n) is 12.6. The van der Waals surface area contributed by atoms with Crippen molar-refractivity contribution in [3.05, 3.63) is 174 Å². The molecule has 0 bridgehead atoms. The third-order valence-corrected chi connectivity index (χ3v) is 15.0. The molecule has 0 saturated carbocycles. The minimum atomic E-state index is -4.80. The molecule has 0 spiro atoms. The summed E-state index contributed by atoms with van der Waals surface area (Å²) in [6, 6.07) is 37.9. The summed E-state index contributed by atoms with van der Waals surface area (Å²) >= 11 is 3.03. The molecule has 1 aromatic heterocycles. The zero-order valence-corrected chi connectivity index (χ0v) is 45.6. The van der Waals surface area contributed by atoms with Crippen molar-refractivity contribution in [2.24, 2.45) is 36.1 Å². The van der Waals surface area contributed by atoms with E-state index in [0.717, 1.165) is 40.3 Å². The van der Waals surface area contributed by atoms with Crippen LogP contribution in [0.15, 0.2) is 176 Å². The average molecular weight is 1170 g/mol. The van der Waals surface area contributed by atoms with Crippen LogP contribution in [0.3, 0.4) is 0 Å². The van der Waals surface area contributed by atoms with Crippen LogP contribution in [0.5, 0.6) is 17.2 Å². The number of hydrogen-bond acceptors (Lipinski definition) is 12. The second-order valence-electron chi connectivity index (χ2n) is 19.2. The molecule has 15 nitrogen and oxygen atoms in total. The van der Waals surface area contributed by atoms with E-state index in [1.165, 1.54) is 65.5 Å². The summed E-state index contributed by atoms with van der Waals surface area (Å²) in [5.41, 5.74) is 12.5. The van der Waals surface area contributed by atoms with Gasteiger partial charge in [-0.3, -0.25) is 0 Å². The maximum atomic E-state index is 14.0. The number of nitrogens with two attached hydrogens (primary N) is 1. The molecule has 25 heteroatoms. The summed E-state index contributed by atoms with van der Waals surface area (Å²) in [7, 11) is 0. The zero-order valence-electron chi connectivity index (χ0n) is 44.0. The Hall–Kier alpha value is -8.58. The van der Waals surface area contributed by atoms with Gasteiger partial charge in [0.1, 0.15) is 35.8 Å². The summed E-state index contributed by atoms with van der Waals surface area (Å²) in [6.07, 6.45) is -3.23. The lowest BCUT2D eigenvalue weighted by molar-refractivity contribution is -0.275. The Morgan fingerprint density at radius 1 is 0.707 bits per heavy atom. The van der Waals surface area contributed by atoms with E-state index in [1.807, 2.05) is 54.3 Å². The minimum Gasteiger partial charge on any atom is -0.433 e. The molecule has 0 radical (unpaired) electrons. The molecule has 6 aromatic carbocycles. The summed E-state index contributed by atoms with van der Waals surface area (Å²) in [5, 5.41) is 23.8. The number of aromatic nitrogens is 3. The lowest BCUT2D eigenvalue weighted by atomic mass is 9.78. The number of ether oxygens (including phenoxy) is 3. The number of rotatable bonds is 18. The first-order valence-corrected chi connectivity index (χ1v) is 27.1. The molecule has 2 N–H and O–H groups in total. The van der Waals surface area contributed by atoms with Crippen LogP contribution in [0.2, 0.25) is 0 Å². The van der Waals surface area contributed by atoms with Crippen LogP contribution in [0.25, 0.3) is 17.1 Å². The first-order chi connectivity index (χ1) is 39.1. The quantitative estimate of drug-likeness (QED) is 0.0378. The molecule has 2 saturated heterocycles. The molecule has 2 aliphatic rings. The van der Waals surface area contributed by atoms with E-state index in [2.05, 4.69) is 87.8 Å². The predicted molar refractivity (Wildman–Crippen MR) is 307 cm³/mol. The fourth-order valence-electron chi connectivity index (χ4n) is 8.84. The minimum absolute atomic E-state index is 0.00546. The van der Waals surface area contributed by atoms with E-state index >= 15 is 0 Å². The highest BCUT2D eigenvalue weighted by atomic mass is 32.2. The van der Waals surface area contributed by atoms with Gasteiger partial charge < -0.3 is 29.7 Å². The molecule has 3 heterocycles. The number of halogens is 8. The first kappa shape index (κ1) is 58.1. The van der Waals surface area contributed by atoms with Crippen molar-refractivity contribution >= 4 is 75.5 Å². The SMILES string of the molecule is CC1CSC(=NN=Cc2ccc(-c3ncn(-c4ccc(OC(F)(F)F)cc4)n3)cc2)N1c1ccccc1C(C)(C)Cc1ccc(OC(F)F)c(N2/C(=N\N=C/c3ccc(C(N)=NC=Nc4ccc(OC(F)(F)F)cc4)cc3)SCC2C)c1. The number of anilines is 2. The Balaban J connectivity index is 0.868. The van der Waals surface area contributed by atoms with E-state index in [4.69, 9.17) is 10.5 Å². The van der Waals surface area contributed by atoms with Crippen LogP contribution in [-0.2, 0) is 11.8 Å². The number of para-hydroxylation sites is 1. The monoisotopic (exact) mass is 1170 g/mol. The summed E-state index contributed by atoms with van der Waals surface area (Å²) in [6.45, 7) is 5.30. The molecular formula is C57H50F8N12O3S2. The smallest absolute Gasteiger partial charge is 0.433 e. The van der Waals surface area contributed by atoms with Crippen molar-refractivity contribution in [2.45, 2.75) is 71.0 Å². The van der Waals surface area contributed by atoms with Gasteiger partial charge in [0.05, 0.1) is 29.5 Å². The Kier molecular flexibility index (Phi) is 17.7. The van der Waals surface area contributed by atoms with Crippen molar-refractivity contribution in [1.82, 2.24) is 14.8 Å². The number of hydrogen-bond donors (Lipinski definition) is 1. The first-order valence-electron chi connectivity index (χ1n) is 25.1. The molecule has 0 aliphatic carbocycles. The number of alkyl halides is 8. The molecule has 2 fully saturated rings. The Morgan fingerprint density at radius 2 is 1.27 bits per heavy atom. The normalized spacial score (nSPS) is 17.5. The van der Waals surface area contributed by atoms with Crippen molar-refractivity contribution in [3.63, 3.8) is 0 Å². The molecule has 7 aromatic rings. The van der Waals surface area contributed by atoms with Gasteiger partial charge in [0, 0.05) is 40.4 Å². The summed E-state index contributed by atoms with van der Waals surface area (Å²) in [4.78, 5) is 16.6. The van der Waals surface area contributed by atoms with Crippen LogP contribution in [0.1, 0.15) is 55.5 Å². The van der Waals surface area contributed by atoms with Gasteiger partial charge in [-0.2, -0.15) is 19.0 Å². The van der Waals surface area contributed by atoms with Gasteiger partial charge >= 0.3 is 19.3 Å². The maximum Gasteiger partial charge on any atom is 0.573 e. The second kappa shape index (κ2) is 25.1. The molecular weight excluding hydrogens is 1120 g/mol. The van der Waals surface area contributed by atoms with Crippen molar-refractivity contribution in [3.8, 4) is 34.3 Å². The number of nitrogens with zero attached hydrogens (tertiary/aromatic N) is 11. The summed E-state index contributed by atoms with van der Waals surface area (Å²) < 4.78 is 118. The van der Waals surface area contributed by atoms with Crippen LogP contribution >= 0.6 is 23.5 Å². The maximum absolute atomic E-state index is 14.0. The van der Waals surface area contributed by atoms with Crippen molar-refractivity contribution in [2.75, 3.05) is 21.3 Å². The van der Waals surface area contributed by atoms with Gasteiger partial charge in [-0.1, -0.05) is 110 Å². The molecule has 82 heavy (non-hydrogen) atoms. The Morgan fingerprint density at radius 3 is 1.85 bits per heavy atom. The Labute approximate surface area is 474 Å². The van der Waals surface area contributed by atoms with Crippen LogP contribution in [-0.4, -0.2) is 92.6 Å². The molecule has 424 valence electrons. The zero-order chi connectivity index (χ0) is 58.2. The molecule has 2 unspecified atom stereocenters. The molecule has 0 amide bonds. The fourth-order valence-corrected chi connectivity index (χ4v) is 11.0. The second-order valence-corrected chi connectivity index (χ2v) is 21.1. The average Bonchev–Trinajstić information content (AvgIpc) is 4.31. The van der Waals surface area contributed by atoms with E-state index in [0.29, 0.717) is 62.1 Å². The van der Waals surface area contributed by atoms with Crippen molar-refractivity contribution < 1.29 is 49.3 Å². The molecule has 2 atom stereocenters. The van der Waals surface area contributed by atoms with Gasteiger partial charge in [0.15, 0.2) is 16.2 Å². The van der Waals surface area contributed by atoms with Crippen LogP contribution < -0.4 is 29.7 Å². The van der Waals surface area contributed by atoms with Gasteiger partial charge in [-0.15, -0.1) is 41.6 Å². The van der Waals surface area contributed by atoms with Crippen LogP contribution in [0, 0.1) is 0 Å².